The quantitative estimate of drug-likeness (QED) is 0.771. The summed E-state index contributed by atoms with van der Waals surface area (Å²) in [6, 6.07) is 0. The highest BCUT2D eigenvalue weighted by molar-refractivity contribution is 7.99. The molecule has 0 saturated carbocycles. The Hall–Kier alpha value is -0.900. The average Bonchev–Trinajstić information content (AvgIpc) is 2.17. The third-order valence-electron chi connectivity index (χ3n) is 2.01. The summed E-state index contributed by atoms with van der Waals surface area (Å²) in [6.07, 6.45) is 4.20. The van der Waals surface area contributed by atoms with E-state index in [9.17, 15) is 4.79 Å². The van der Waals surface area contributed by atoms with Gasteiger partial charge in [0.2, 0.25) is 0 Å². The van der Waals surface area contributed by atoms with Crippen LogP contribution in [0.15, 0.2) is 12.4 Å². The van der Waals surface area contributed by atoms with Crippen LogP contribution < -0.4 is 0 Å². The van der Waals surface area contributed by atoms with Gasteiger partial charge in [0.15, 0.2) is 0 Å². The molecule has 3 nitrogen and oxygen atoms in total. The van der Waals surface area contributed by atoms with E-state index in [1.54, 1.807) is 18.7 Å². The molecule has 0 aliphatic rings. The molecule has 0 fully saturated rings. The number of carbonyl (C=O) groups excluding carboxylic acids is 1. The van der Waals surface area contributed by atoms with Gasteiger partial charge in [-0.05, 0) is 19.6 Å². The van der Waals surface area contributed by atoms with E-state index in [2.05, 4.69) is 16.9 Å². The van der Waals surface area contributed by atoms with Gasteiger partial charge < -0.3 is 0 Å². The first kappa shape index (κ1) is 12.2. The van der Waals surface area contributed by atoms with Crippen LogP contribution in [0, 0.1) is 6.92 Å². The summed E-state index contributed by atoms with van der Waals surface area (Å²) in [6.45, 7) is 5.57. The van der Waals surface area contributed by atoms with E-state index in [0.29, 0.717) is 6.42 Å². The van der Waals surface area contributed by atoms with Crippen molar-refractivity contribution in [2.24, 2.45) is 0 Å². The zero-order valence-corrected chi connectivity index (χ0v) is 10.2. The molecule has 0 bridgehead atoms. The molecule has 1 aromatic rings. The summed E-state index contributed by atoms with van der Waals surface area (Å²) in [7, 11) is 0. The van der Waals surface area contributed by atoms with Gasteiger partial charge in [-0.15, -0.1) is 0 Å². The minimum atomic E-state index is 0.202. The maximum atomic E-state index is 11.1. The monoisotopic (exact) mass is 224 g/mol. The molecule has 1 aromatic heterocycles. The minimum Gasteiger partial charge on any atom is -0.300 e. The Morgan fingerprint density at radius 1 is 1.47 bits per heavy atom. The minimum absolute atomic E-state index is 0.202. The van der Waals surface area contributed by atoms with Crippen molar-refractivity contribution in [3.05, 3.63) is 23.8 Å². The lowest BCUT2D eigenvalue weighted by molar-refractivity contribution is -0.117. The van der Waals surface area contributed by atoms with E-state index in [4.69, 9.17) is 0 Å². The summed E-state index contributed by atoms with van der Waals surface area (Å²) >= 11 is 1.76. The summed E-state index contributed by atoms with van der Waals surface area (Å²) in [5, 5.41) is 0.202. The van der Waals surface area contributed by atoms with Gasteiger partial charge in [0.05, 0.1) is 0 Å². The highest BCUT2D eigenvalue weighted by Crippen LogP contribution is 2.31. The molecular formula is C11H16N2OS. The smallest absolute Gasteiger partial charge is 0.131 e. The van der Waals surface area contributed by atoms with Crippen LogP contribution in [0.25, 0.3) is 0 Å². The first-order chi connectivity index (χ1) is 7.13. The molecule has 0 N–H and O–H groups in total. The second-order valence-corrected chi connectivity index (χ2v) is 4.89. The summed E-state index contributed by atoms with van der Waals surface area (Å²) in [4.78, 5) is 19.4. The van der Waals surface area contributed by atoms with Crippen LogP contribution in [-0.2, 0) is 4.79 Å². The SMILES string of the molecule is CCSC(CC(C)=O)c1cnc(C)nc1. The first-order valence-corrected chi connectivity index (χ1v) is 6.08. The second-order valence-electron chi connectivity index (χ2n) is 3.41. The van der Waals surface area contributed by atoms with Gasteiger partial charge in [-0.2, -0.15) is 11.8 Å². The van der Waals surface area contributed by atoms with Crippen molar-refractivity contribution in [3.63, 3.8) is 0 Å². The van der Waals surface area contributed by atoms with E-state index < -0.39 is 0 Å². The van der Waals surface area contributed by atoms with Crippen molar-refractivity contribution in [2.75, 3.05) is 5.75 Å². The van der Waals surface area contributed by atoms with Crippen molar-refractivity contribution < 1.29 is 4.79 Å². The topological polar surface area (TPSA) is 42.9 Å². The lowest BCUT2D eigenvalue weighted by Crippen LogP contribution is -2.03. The van der Waals surface area contributed by atoms with Gasteiger partial charge >= 0.3 is 0 Å². The summed E-state index contributed by atoms with van der Waals surface area (Å²) < 4.78 is 0. The fraction of sp³-hybridized carbons (Fsp3) is 0.545. The number of hydrogen-bond donors (Lipinski definition) is 0. The predicted molar refractivity (Wildman–Crippen MR) is 62.9 cm³/mol. The van der Waals surface area contributed by atoms with E-state index >= 15 is 0 Å². The number of ketones is 1. The highest BCUT2D eigenvalue weighted by atomic mass is 32.2. The van der Waals surface area contributed by atoms with Gasteiger partial charge in [0, 0.05) is 29.6 Å². The standard InChI is InChI=1S/C11H16N2OS/c1-4-15-11(5-8(2)14)10-6-12-9(3)13-7-10/h6-7,11H,4-5H2,1-3H3. The Morgan fingerprint density at radius 3 is 2.53 bits per heavy atom. The molecule has 0 saturated heterocycles. The number of carbonyl (C=O) groups is 1. The molecule has 1 unspecified atom stereocenters. The van der Waals surface area contributed by atoms with Crippen molar-refractivity contribution in [1.82, 2.24) is 9.97 Å². The van der Waals surface area contributed by atoms with E-state index in [1.807, 2.05) is 19.3 Å². The Morgan fingerprint density at radius 2 is 2.07 bits per heavy atom. The number of aryl methyl sites for hydroxylation is 1. The second kappa shape index (κ2) is 5.85. The number of thioether (sulfide) groups is 1. The molecule has 0 radical (unpaired) electrons. The average molecular weight is 224 g/mol. The van der Waals surface area contributed by atoms with E-state index in [1.165, 1.54) is 0 Å². The molecule has 15 heavy (non-hydrogen) atoms. The number of rotatable bonds is 5. The maximum Gasteiger partial charge on any atom is 0.131 e. The van der Waals surface area contributed by atoms with Gasteiger partial charge in [0.25, 0.3) is 0 Å². The Bertz CT molecular complexity index is 324. The Labute approximate surface area is 94.7 Å². The first-order valence-electron chi connectivity index (χ1n) is 5.03. The van der Waals surface area contributed by atoms with Crippen molar-refractivity contribution in [3.8, 4) is 0 Å². The molecule has 4 heteroatoms. The van der Waals surface area contributed by atoms with Crippen molar-refractivity contribution in [1.29, 1.82) is 0 Å². The number of nitrogens with zero attached hydrogens (tertiary/aromatic N) is 2. The van der Waals surface area contributed by atoms with Crippen LogP contribution in [0.1, 0.15) is 36.9 Å². The molecule has 0 aliphatic heterocycles. The largest absolute Gasteiger partial charge is 0.300 e. The Kier molecular flexibility index (Phi) is 4.75. The van der Waals surface area contributed by atoms with E-state index in [-0.39, 0.29) is 11.0 Å². The molecular weight excluding hydrogens is 208 g/mol. The summed E-state index contributed by atoms with van der Waals surface area (Å²) in [5.41, 5.74) is 1.04. The van der Waals surface area contributed by atoms with Crippen LogP contribution >= 0.6 is 11.8 Å². The van der Waals surface area contributed by atoms with Gasteiger partial charge in [-0.25, -0.2) is 9.97 Å². The van der Waals surface area contributed by atoms with Crippen LogP contribution in [0.3, 0.4) is 0 Å². The van der Waals surface area contributed by atoms with Crippen LogP contribution in [0.4, 0.5) is 0 Å². The third kappa shape index (κ3) is 4.00. The van der Waals surface area contributed by atoms with E-state index in [0.717, 1.165) is 17.1 Å². The molecule has 1 heterocycles. The lowest BCUT2D eigenvalue weighted by atomic mass is 10.1. The van der Waals surface area contributed by atoms with Crippen molar-refractivity contribution in [2.45, 2.75) is 32.4 Å². The van der Waals surface area contributed by atoms with Crippen LogP contribution in [0.2, 0.25) is 0 Å². The number of hydrogen-bond acceptors (Lipinski definition) is 4. The summed E-state index contributed by atoms with van der Waals surface area (Å²) in [5.74, 6) is 1.97. The molecule has 82 valence electrons. The van der Waals surface area contributed by atoms with Gasteiger partial charge in [0.1, 0.15) is 11.6 Å². The normalized spacial score (nSPS) is 12.5. The maximum absolute atomic E-state index is 11.1. The molecule has 0 aliphatic carbocycles. The van der Waals surface area contributed by atoms with Gasteiger partial charge in [-0.3, -0.25) is 4.79 Å². The zero-order valence-electron chi connectivity index (χ0n) is 9.36. The van der Waals surface area contributed by atoms with Gasteiger partial charge in [-0.1, -0.05) is 6.92 Å². The number of Topliss-reactive ketones (excluding diaryl/α,β-unsaturated/α-hetero) is 1. The number of aromatic nitrogens is 2. The molecule has 1 atom stereocenters. The van der Waals surface area contributed by atoms with Crippen molar-refractivity contribution >= 4 is 17.5 Å². The Balaban J connectivity index is 2.78. The third-order valence-corrected chi connectivity index (χ3v) is 3.19. The highest BCUT2D eigenvalue weighted by Gasteiger charge is 2.14. The molecule has 0 amide bonds. The van der Waals surface area contributed by atoms with Crippen LogP contribution in [-0.4, -0.2) is 21.5 Å². The predicted octanol–water partition coefficient (Wildman–Crippen LogP) is 2.56. The fourth-order valence-corrected chi connectivity index (χ4v) is 2.37. The van der Waals surface area contributed by atoms with Crippen LogP contribution in [0.5, 0.6) is 0 Å². The molecule has 0 aromatic carbocycles. The fourth-order valence-electron chi connectivity index (χ4n) is 1.30. The molecule has 1 rings (SSSR count). The lowest BCUT2D eigenvalue weighted by Gasteiger charge is -2.13. The zero-order chi connectivity index (χ0) is 11.3. The molecule has 0 spiro atoms.